The van der Waals surface area contributed by atoms with Gasteiger partial charge in [0, 0.05) is 37.7 Å². The molecule has 0 bridgehead atoms. The summed E-state index contributed by atoms with van der Waals surface area (Å²) in [7, 11) is 3.24. The Hall–Kier alpha value is -4.66. The topological polar surface area (TPSA) is 110 Å². The van der Waals surface area contributed by atoms with E-state index in [2.05, 4.69) is 20.8 Å². The lowest BCUT2D eigenvalue weighted by Gasteiger charge is -2.18. The maximum atomic E-state index is 12.5. The summed E-state index contributed by atoms with van der Waals surface area (Å²) in [5.41, 5.74) is 4.05. The molecule has 0 atom stereocenters. The van der Waals surface area contributed by atoms with Gasteiger partial charge in [-0.3, -0.25) is 4.79 Å². The van der Waals surface area contributed by atoms with Crippen molar-refractivity contribution in [3.63, 3.8) is 0 Å². The Bertz CT molecular complexity index is 1350. The molecule has 0 saturated carbocycles. The molecule has 37 heavy (non-hydrogen) atoms. The van der Waals surface area contributed by atoms with Crippen molar-refractivity contribution in [3.05, 3.63) is 95.3 Å². The summed E-state index contributed by atoms with van der Waals surface area (Å²) in [6.45, 7) is 2.87. The van der Waals surface area contributed by atoms with Crippen LogP contribution < -0.4 is 15.4 Å². The monoisotopic (exact) mass is 499 g/mol. The summed E-state index contributed by atoms with van der Waals surface area (Å²) in [5, 5.41) is 9.77. The Kier molecular flexibility index (Phi) is 8.15. The van der Waals surface area contributed by atoms with Crippen LogP contribution in [-0.2, 0) is 13.0 Å². The highest BCUT2D eigenvalue weighted by Crippen LogP contribution is 2.23. The molecule has 1 heterocycles. The number of aryl methyl sites for hydroxylation is 1. The largest absolute Gasteiger partial charge is 0.495 e. The molecule has 0 unspecified atom stereocenters. The van der Waals surface area contributed by atoms with Crippen molar-refractivity contribution in [2.75, 3.05) is 26.0 Å². The standard InChI is InChI=1S/C28H29N5O4/c1-19-8-10-20(11-9-19)18-29-26(34)21-12-14-22(15-13-21)27-31-25(32-37-27)16-17-33(2)28(35)30-23-6-4-5-7-24(23)36-3/h4-15H,16-18H2,1-3H3,(H,29,34)(H,30,35). The second-order valence-corrected chi connectivity index (χ2v) is 8.56. The van der Waals surface area contributed by atoms with E-state index < -0.39 is 0 Å². The summed E-state index contributed by atoms with van der Waals surface area (Å²) in [6.07, 6.45) is 0.416. The number of carbonyl (C=O) groups excluding carboxylic acids is 2. The maximum Gasteiger partial charge on any atom is 0.321 e. The molecule has 0 saturated heterocycles. The van der Waals surface area contributed by atoms with Crippen LogP contribution in [0.1, 0.15) is 27.3 Å². The van der Waals surface area contributed by atoms with Crippen LogP contribution in [0.15, 0.2) is 77.3 Å². The molecule has 0 fully saturated rings. The summed E-state index contributed by atoms with van der Waals surface area (Å²) in [5.74, 6) is 1.25. The van der Waals surface area contributed by atoms with E-state index in [0.717, 1.165) is 5.56 Å². The number of para-hydroxylation sites is 2. The molecule has 0 spiro atoms. The van der Waals surface area contributed by atoms with E-state index in [1.807, 2.05) is 43.3 Å². The normalized spacial score (nSPS) is 10.6. The fraction of sp³-hybridized carbons (Fsp3) is 0.214. The van der Waals surface area contributed by atoms with Crippen LogP contribution in [0, 0.1) is 6.92 Å². The summed E-state index contributed by atoms with van der Waals surface area (Å²) >= 11 is 0. The van der Waals surface area contributed by atoms with Gasteiger partial charge in [-0.2, -0.15) is 4.98 Å². The number of nitrogens with zero attached hydrogens (tertiary/aromatic N) is 3. The molecule has 0 aliphatic heterocycles. The van der Waals surface area contributed by atoms with E-state index >= 15 is 0 Å². The molecule has 9 nitrogen and oxygen atoms in total. The number of urea groups is 1. The predicted octanol–water partition coefficient (Wildman–Crippen LogP) is 4.69. The number of amides is 3. The first-order valence-electron chi connectivity index (χ1n) is 11.8. The molecule has 4 aromatic rings. The van der Waals surface area contributed by atoms with E-state index in [-0.39, 0.29) is 11.9 Å². The lowest BCUT2D eigenvalue weighted by molar-refractivity contribution is 0.0951. The lowest BCUT2D eigenvalue weighted by atomic mass is 10.1. The summed E-state index contributed by atoms with van der Waals surface area (Å²) in [6, 6.07) is 21.9. The first-order chi connectivity index (χ1) is 17.9. The number of anilines is 1. The number of rotatable bonds is 9. The predicted molar refractivity (Wildman–Crippen MR) is 140 cm³/mol. The van der Waals surface area contributed by atoms with Crippen molar-refractivity contribution < 1.29 is 18.8 Å². The van der Waals surface area contributed by atoms with E-state index in [9.17, 15) is 9.59 Å². The molecule has 3 aromatic carbocycles. The number of hydrogen-bond acceptors (Lipinski definition) is 6. The van der Waals surface area contributed by atoms with Crippen molar-refractivity contribution in [3.8, 4) is 17.2 Å². The van der Waals surface area contributed by atoms with Gasteiger partial charge in [0.25, 0.3) is 11.8 Å². The van der Waals surface area contributed by atoms with Gasteiger partial charge >= 0.3 is 6.03 Å². The lowest BCUT2D eigenvalue weighted by Crippen LogP contribution is -2.33. The van der Waals surface area contributed by atoms with Crippen molar-refractivity contribution in [1.82, 2.24) is 20.4 Å². The Labute approximate surface area is 215 Å². The third-order valence-electron chi connectivity index (χ3n) is 5.80. The molecule has 0 aliphatic rings. The van der Waals surface area contributed by atoms with Crippen LogP contribution in [-0.4, -0.2) is 47.7 Å². The summed E-state index contributed by atoms with van der Waals surface area (Å²) in [4.78, 5) is 31.0. The minimum Gasteiger partial charge on any atom is -0.495 e. The van der Waals surface area contributed by atoms with Crippen LogP contribution in [0.2, 0.25) is 0 Å². The second-order valence-electron chi connectivity index (χ2n) is 8.56. The van der Waals surface area contributed by atoms with Gasteiger partial charge in [0.05, 0.1) is 12.8 Å². The third-order valence-corrected chi connectivity index (χ3v) is 5.80. The van der Waals surface area contributed by atoms with Crippen molar-refractivity contribution >= 4 is 17.6 Å². The van der Waals surface area contributed by atoms with Crippen LogP contribution in [0.3, 0.4) is 0 Å². The number of methoxy groups -OCH3 is 1. The zero-order valence-corrected chi connectivity index (χ0v) is 21.0. The van der Waals surface area contributed by atoms with Gasteiger partial charge in [-0.05, 0) is 48.9 Å². The molecule has 190 valence electrons. The zero-order valence-electron chi connectivity index (χ0n) is 21.0. The number of hydrogen-bond donors (Lipinski definition) is 2. The van der Waals surface area contributed by atoms with E-state index in [1.165, 1.54) is 10.5 Å². The SMILES string of the molecule is COc1ccccc1NC(=O)N(C)CCc1noc(-c2ccc(C(=O)NCc3ccc(C)cc3)cc2)n1. The fourth-order valence-electron chi connectivity index (χ4n) is 3.56. The highest BCUT2D eigenvalue weighted by molar-refractivity contribution is 5.94. The molecule has 2 N–H and O–H groups in total. The van der Waals surface area contributed by atoms with Gasteiger partial charge in [-0.25, -0.2) is 4.79 Å². The maximum absolute atomic E-state index is 12.5. The molecular formula is C28H29N5O4. The summed E-state index contributed by atoms with van der Waals surface area (Å²) < 4.78 is 10.7. The highest BCUT2D eigenvalue weighted by Gasteiger charge is 2.15. The molecule has 0 radical (unpaired) electrons. The number of nitrogens with one attached hydrogen (secondary N) is 2. The molecule has 4 rings (SSSR count). The van der Waals surface area contributed by atoms with Crippen molar-refractivity contribution in [2.24, 2.45) is 0 Å². The number of carbonyl (C=O) groups is 2. The number of likely N-dealkylation sites (N-methyl/N-ethyl adjacent to an activating group) is 1. The van der Waals surface area contributed by atoms with Crippen LogP contribution in [0.5, 0.6) is 5.75 Å². The van der Waals surface area contributed by atoms with Gasteiger partial charge in [-0.15, -0.1) is 0 Å². The van der Waals surface area contributed by atoms with Crippen molar-refractivity contribution in [2.45, 2.75) is 19.9 Å². The Balaban J connectivity index is 1.28. The minimum absolute atomic E-state index is 0.159. The Morgan fingerprint density at radius 1 is 1.00 bits per heavy atom. The second kappa shape index (κ2) is 11.9. The third kappa shape index (κ3) is 6.72. The number of aromatic nitrogens is 2. The molecule has 0 aliphatic carbocycles. The average Bonchev–Trinajstić information content (AvgIpc) is 3.40. The van der Waals surface area contributed by atoms with Gasteiger partial charge in [0.2, 0.25) is 0 Å². The zero-order chi connectivity index (χ0) is 26.2. The van der Waals surface area contributed by atoms with Crippen LogP contribution in [0.25, 0.3) is 11.5 Å². The molecule has 9 heteroatoms. The fourth-order valence-corrected chi connectivity index (χ4v) is 3.56. The molecule has 1 aromatic heterocycles. The Morgan fingerprint density at radius 2 is 1.73 bits per heavy atom. The first kappa shape index (κ1) is 25.4. The van der Waals surface area contributed by atoms with Crippen molar-refractivity contribution in [1.29, 1.82) is 0 Å². The Morgan fingerprint density at radius 3 is 2.46 bits per heavy atom. The van der Waals surface area contributed by atoms with Gasteiger partial charge in [-0.1, -0.05) is 47.1 Å². The van der Waals surface area contributed by atoms with E-state index in [4.69, 9.17) is 9.26 Å². The van der Waals surface area contributed by atoms with Crippen LogP contribution in [0.4, 0.5) is 10.5 Å². The first-order valence-corrected chi connectivity index (χ1v) is 11.8. The van der Waals surface area contributed by atoms with Gasteiger partial charge in [0.1, 0.15) is 5.75 Å². The van der Waals surface area contributed by atoms with Gasteiger partial charge in [0.15, 0.2) is 5.82 Å². The highest BCUT2D eigenvalue weighted by atomic mass is 16.5. The minimum atomic E-state index is -0.274. The van der Waals surface area contributed by atoms with E-state index in [0.29, 0.717) is 53.8 Å². The number of benzene rings is 3. The van der Waals surface area contributed by atoms with E-state index in [1.54, 1.807) is 50.6 Å². The molecular weight excluding hydrogens is 470 g/mol. The number of ether oxygens (including phenoxy) is 1. The van der Waals surface area contributed by atoms with Gasteiger partial charge < -0.3 is 24.8 Å². The quantitative estimate of drug-likeness (QED) is 0.346. The average molecular weight is 500 g/mol. The molecule has 3 amide bonds. The van der Waals surface area contributed by atoms with Crippen LogP contribution >= 0.6 is 0 Å². The smallest absolute Gasteiger partial charge is 0.321 e.